The molecular weight excluding hydrogens is 520 g/mol. The Labute approximate surface area is 212 Å². The van der Waals surface area contributed by atoms with Gasteiger partial charge in [-0.05, 0) is 42.0 Å². The Morgan fingerprint density at radius 1 is 0.917 bits per heavy atom. The van der Waals surface area contributed by atoms with Crippen LogP contribution in [0.25, 0.3) is 11.1 Å². The summed E-state index contributed by atoms with van der Waals surface area (Å²) in [4.78, 5) is 24.2. The molecule has 0 saturated heterocycles. The first-order valence-corrected chi connectivity index (χ1v) is 10.8. The molecule has 0 saturated carbocycles. The van der Waals surface area contributed by atoms with Gasteiger partial charge in [-0.1, -0.05) is 35.3 Å². The van der Waals surface area contributed by atoms with Crippen molar-refractivity contribution in [1.29, 1.82) is 0 Å². The summed E-state index contributed by atoms with van der Waals surface area (Å²) in [5.41, 5.74) is 6.65. The number of carbonyl (C=O) groups is 1. The molecule has 4 N–H and O–H groups in total. The molecule has 0 fully saturated rings. The molecule has 4 aromatic rings. The van der Waals surface area contributed by atoms with E-state index in [4.69, 9.17) is 33.7 Å². The predicted molar refractivity (Wildman–Crippen MR) is 130 cm³/mol. The van der Waals surface area contributed by atoms with E-state index in [9.17, 15) is 18.0 Å². The smallest absolute Gasteiger partial charge is 0.416 e. The number of nitrogens with two attached hydrogens (primary N) is 1. The van der Waals surface area contributed by atoms with Crippen LogP contribution in [0.15, 0.2) is 67.1 Å². The number of rotatable bonds is 5. The molecule has 2 amide bonds. The number of nitrogens with zero attached hydrogens (tertiary/aromatic N) is 3. The highest BCUT2D eigenvalue weighted by molar-refractivity contribution is 6.34. The Hall–Kier alpha value is -4.09. The van der Waals surface area contributed by atoms with Crippen LogP contribution in [0.4, 0.5) is 35.2 Å². The van der Waals surface area contributed by atoms with Crippen molar-refractivity contribution >= 4 is 46.4 Å². The fourth-order valence-corrected chi connectivity index (χ4v) is 3.39. The van der Waals surface area contributed by atoms with Crippen LogP contribution in [-0.4, -0.2) is 21.0 Å². The minimum Gasteiger partial charge on any atom is -0.424 e. The molecule has 0 atom stereocenters. The van der Waals surface area contributed by atoms with Gasteiger partial charge < -0.3 is 21.1 Å². The highest BCUT2D eigenvalue weighted by Crippen LogP contribution is 2.34. The second-order valence-corrected chi connectivity index (χ2v) is 8.08. The largest absolute Gasteiger partial charge is 0.424 e. The summed E-state index contributed by atoms with van der Waals surface area (Å²) in [5, 5.41) is 5.00. The van der Waals surface area contributed by atoms with Gasteiger partial charge in [0.2, 0.25) is 0 Å². The molecule has 0 aliphatic rings. The van der Waals surface area contributed by atoms with E-state index >= 15 is 0 Å². The van der Waals surface area contributed by atoms with Crippen LogP contribution in [0, 0.1) is 0 Å². The quantitative estimate of drug-likeness (QED) is 0.257. The number of nitrogen functional groups attached to an aromatic ring is 1. The topological polar surface area (TPSA) is 115 Å². The van der Waals surface area contributed by atoms with Gasteiger partial charge in [0.1, 0.15) is 11.6 Å². The molecule has 36 heavy (non-hydrogen) atoms. The first kappa shape index (κ1) is 25.0. The zero-order valence-electron chi connectivity index (χ0n) is 18.0. The number of aromatic nitrogens is 3. The Morgan fingerprint density at radius 3 is 2.25 bits per heavy atom. The minimum atomic E-state index is -4.55. The molecule has 0 aliphatic carbocycles. The van der Waals surface area contributed by atoms with Crippen LogP contribution in [0.3, 0.4) is 0 Å². The molecule has 13 heteroatoms. The number of alkyl halides is 3. The Bertz CT molecular complexity index is 1400. The fraction of sp³-hybridized carbons (Fsp3) is 0.0435. The number of ether oxygens (including phenoxy) is 1. The van der Waals surface area contributed by atoms with Gasteiger partial charge in [-0.3, -0.25) is 0 Å². The van der Waals surface area contributed by atoms with Crippen molar-refractivity contribution < 1.29 is 22.7 Å². The minimum absolute atomic E-state index is 0.00166. The molecule has 184 valence electrons. The van der Waals surface area contributed by atoms with E-state index < -0.39 is 17.8 Å². The molecular formula is C23H15Cl2F3N6O2. The maximum absolute atomic E-state index is 12.7. The first-order chi connectivity index (χ1) is 17.1. The molecule has 0 bridgehead atoms. The lowest BCUT2D eigenvalue weighted by Crippen LogP contribution is -2.20. The van der Waals surface area contributed by atoms with E-state index in [1.54, 1.807) is 30.3 Å². The van der Waals surface area contributed by atoms with Crippen molar-refractivity contribution in [3.8, 4) is 22.9 Å². The fourth-order valence-electron chi connectivity index (χ4n) is 3.00. The van der Waals surface area contributed by atoms with Crippen LogP contribution >= 0.6 is 23.2 Å². The van der Waals surface area contributed by atoms with E-state index in [-0.39, 0.29) is 22.4 Å². The van der Waals surface area contributed by atoms with Gasteiger partial charge in [0.05, 0.1) is 39.4 Å². The molecule has 0 spiro atoms. The zero-order chi connectivity index (χ0) is 25.9. The molecule has 2 heterocycles. The molecule has 4 rings (SSSR count). The number of halogens is 5. The number of amides is 2. The molecule has 2 aromatic heterocycles. The Morgan fingerprint density at radius 2 is 1.61 bits per heavy atom. The first-order valence-electron chi connectivity index (χ1n) is 10.0. The summed E-state index contributed by atoms with van der Waals surface area (Å²) in [6, 6.07) is 10.5. The normalized spacial score (nSPS) is 11.1. The molecule has 0 radical (unpaired) electrons. The third-order valence-corrected chi connectivity index (χ3v) is 5.21. The van der Waals surface area contributed by atoms with Gasteiger partial charge >= 0.3 is 18.2 Å². The van der Waals surface area contributed by atoms with Gasteiger partial charge in [-0.25, -0.2) is 19.7 Å². The number of hydrogen-bond donors (Lipinski definition) is 3. The predicted octanol–water partition coefficient (Wildman–Crippen LogP) is 6.88. The second kappa shape index (κ2) is 10.3. The molecule has 0 aliphatic heterocycles. The highest BCUT2D eigenvalue weighted by atomic mass is 35.5. The van der Waals surface area contributed by atoms with Gasteiger partial charge in [0.25, 0.3) is 0 Å². The van der Waals surface area contributed by atoms with Crippen LogP contribution in [0.5, 0.6) is 11.8 Å². The Kier molecular flexibility index (Phi) is 7.13. The number of pyridine rings is 1. The van der Waals surface area contributed by atoms with E-state index in [1.165, 1.54) is 18.6 Å². The molecule has 8 nitrogen and oxygen atoms in total. The zero-order valence-corrected chi connectivity index (χ0v) is 19.5. The lowest BCUT2D eigenvalue weighted by Gasteiger charge is -2.12. The van der Waals surface area contributed by atoms with Crippen molar-refractivity contribution in [1.82, 2.24) is 15.0 Å². The molecule has 2 aromatic carbocycles. The van der Waals surface area contributed by atoms with Crippen LogP contribution in [0.2, 0.25) is 10.0 Å². The Balaban J connectivity index is 1.36. The summed E-state index contributed by atoms with van der Waals surface area (Å²) in [6.45, 7) is 0. The lowest BCUT2D eigenvalue weighted by molar-refractivity contribution is -0.137. The number of anilines is 3. The maximum Gasteiger partial charge on any atom is 0.416 e. The van der Waals surface area contributed by atoms with Crippen molar-refractivity contribution in [3.05, 3.63) is 82.7 Å². The van der Waals surface area contributed by atoms with E-state index in [1.807, 2.05) is 0 Å². The van der Waals surface area contributed by atoms with Crippen molar-refractivity contribution in [2.45, 2.75) is 6.18 Å². The summed E-state index contributed by atoms with van der Waals surface area (Å²) in [5.74, 6) is 0.784. The number of hydrogen-bond acceptors (Lipinski definition) is 6. The van der Waals surface area contributed by atoms with E-state index in [0.717, 1.165) is 23.8 Å². The summed E-state index contributed by atoms with van der Waals surface area (Å²) in [7, 11) is 0. The number of carbonyl (C=O) groups excluding carboxylic acids is 1. The van der Waals surface area contributed by atoms with E-state index in [0.29, 0.717) is 22.2 Å². The third kappa shape index (κ3) is 6.12. The maximum atomic E-state index is 12.7. The second-order valence-electron chi connectivity index (χ2n) is 7.24. The average Bonchev–Trinajstić information content (AvgIpc) is 2.83. The average molecular weight is 535 g/mol. The summed E-state index contributed by atoms with van der Waals surface area (Å²) in [6.07, 6.45) is -0.498. The summed E-state index contributed by atoms with van der Waals surface area (Å²) >= 11 is 11.8. The SMILES string of the molecule is Nc1ncc(Cl)cc1-c1ccc(Oc2ncc(NC(=O)Nc3ccc(C(F)(F)F)cc3Cl)cn2)cc1. The highest BCUT2D eigenvalue weighted by Gasteiger charge is 2.31. The number of benzene rings is 2. The van der Waals surface area contributed by atoms with Crippen molar-refractivity contribution in [3.63, 3.8) is 0 Å². The molecule has 0 unspecified atom stereocenters. The van der Waals surface area contributed by atoms with Gasteiger partial charge in [0, 0.05) is 11.8 Å². The van der Waals surface area contributed by atoms with Gasteiger partial charge in [-0.15, -0.1) is 0 Å². The standard InChI is InChI=1S/C23H15Cl2F3N6O2/c24-14-8-17(20(29)30-9-14)12-1-4-16(5-2-12)36-22-31-10-15(11-32-22)33-21(35)34-19-6-3-13(7-18(19)25)23(26,27)28/h1-11H,(H2,29,30)(H2,33,34,35). The van der Waals surface area contributed by atoms with Crippen molar-refractivity contribution in [2.24, 2.45) is 0 Å². The van der Waals surface area contributed by atoms with Crippen molar-refractivity contribution in [2.75, 3.05) is 16.4 Å². The summed E-state index contributed by atoms with van der Waals surface area (Å²) < 4.78 is 43.8. The number of urea groups is 1. The van der Waals surface area contributed by atoms with Crippen LogP contribution in [0.1, 0.15) is 5.56 Å². The van der Waals surface area contributed by atoms with Gasteiger partial charge in [0.15, 0.2) is 0 Å². The van der Waals surface area contributed by atoms with E-state index in [2.05, 4.69) is 25.6 Å². The van der Waals surface area contributed by atoms with Gasteiger partial charge in [-0.2, -0.15) is 13.2 Å². The number of nitrogens with one attached hydrogen (secondary N) is 2. The third-order valence-electron chi connectivity index (χ3n) is 4.69. The monoisotopic (exact) mass is 534 g/mol. The lowest BCUT2D eigenvalue weighted by atomic mass is 10.1. The van der Waals surface area contributed by atoms with Crippen LogP contribution < -0.4 is 21.1 Å². The van der Waals surface area contributed by atoms with Crippen LogP contribution in [-0.2, 0) is 6.18 Å².